The highest BCUT2D eigenvalue weighted by Crippen LogP contribution is 2.38. The number of amidine groups is 1. The van der Waals surface area contributed by atoms with Gasteiger partial charge < -0.3 is 26.7 Å². The van der Waals surface area contributed by atoms with Crippen LogP contribution in [0.5, 0.6) is 0 Å². The fourth-order valence-corrected chi connectivity index (χ4v) is 2.80. The number of hydrogen-bond acceptors (Lipinski definition) is 8. The van der Waals surface area contributed by atoms with Gasteiger partial charge in [-0.05, 0) is 6.92 Å². The molecule has 1 aliphatic heterocycles. The molecule has 2 aromatic heterocycles. The number of fused-ring (bicyclic) bond motifs is 1. The van der Waals surface area contributed by atoms with Crippen LogP contribution < -0.4 is 22.7 Å². The number of anilines is 2. The second-order valence-electron chi connectivity index (χ2n) is 5.21. The molecule has 0 unspecified atom stereocenters. The fourth-order valence-electron chi connectivity index (χ4n) is 2.80. The Hall–Kier alpha value is -2.43. The Morgan fingerprint density at radius 1 is 1.55 bits per heavy atom. The van der Waals surface area contributed by atoms with Crippen LogP contribution in [0, 0.1) is 5.41 Å². The topological polar surface area (TPSA) is 174 Å². The van der Waals surface area contributed by atoms with Gasteiger partial charge in [-0.2, -0.15) is 0 Å². The number of nitrogen functional groups attached to an aromatic ring is 3. The van der Waals surface area contributed by atoms with Gasteiger partial charge in [0.2, 0.25) is 0 Å². The van der Waals surface area contributed by atoms with Crippen molar-refractivity contribution in [1.82, 2.24) is 14.5 Å². The zero-order valence-corrected chi connectivity index (χ0v) is 11.9. The number of nitrogens with one attached hydrogen (secondary N) is 2. The van der Waals surface area contributed by atoms with Crippen molar-refractivity contribution in [3.63, 3.8) is 0 Å². The Labute approximate surface area is 125 Å². The second kappa shape index (κ2) is 5.09. The molecule has 1 saturated heterocycles. The van der Waals surface area contributed by atoms with E-state index in [1.54, 1.807) is 11.5 Å². The third-order valence-electron chi connectivity index (χ3n) is 3.86. The predicted molar refractivity (Wildman–Crippen MR) is 81.0 cm³/mol. The van der Waals surface area contributed by atoms with E-state index >= 15 is 0 Å². The highest BCUT2D eigenvalue weighted by Gasteiger charge is 2.35. The average Bonchev–Trinajstić information content (AvgIpc) is 2.97. The average molecular weight is 306 g/mol. The van der Waals surface area contributed by atoms with Crippen LogP contribution in [0.1, 0.15) is 25.1 Å². The van der Waals surface area contributed by atoms with Crippen molar-refractivity contribution in [2.45, 2.75) is 31.8 Å². The smallest absolute Gasteiger partial charge is 0.150 e. The van der Waals surface area contributed by atoms with Crippen LogP contribution in [0.25, 0.3) is 11.0 Å². The lowest BCUT2D eigenvalue weighted by Crippen LogP contribution is -2.21. The lowest BCUT2D eigenvalue weighted by molar-refractivity contribution is -0.00525. The lowest BCUT2D eigenvalue weighted by atomic mass is 10.2. The van der Waals surface area contributed by atoms with E-state index in [0.717, 1.165) is 0 Å². The van der Waals surface area contributed by atoms with E-state index in [1.807, 2.05) is 0 Å². The third-order valence-corrected chi connectivity index (χ3v) is 3.86. The maximum Gasteiger partial charge on any atom is 0.150 e. The summed E-state index contributed by atoms with van der Waals surface area (Å²) in [5.74, 6) is 5.93. The van der Waals surface area contributed by atoms with Crippen LogP contribution >= 0.6 is 0 Å². The number of hydrazine groups is 1. The minimum atomic E-state index is -0.604. The van der Waals surface area contributed by atoms with Gasteiger partial charge in [0.05, 0.1) is 23.2 Å². The van der Waals surface area contributed by atoms with Crippen molar-refractivity contribution in [3.05, 3.63) is 11.9 Å². The number of hydrogen-bond donors (Lipinski definition) is 6. The number of rotatable bonds is 3. The van der Waals surface area contributed by atoms with Crippen LogP contribution in [0.3, 0.4) is 0 Å². The molecule has 118 valence electrons. The molecule has 0 amide bonds. The molecule has 0 aliphatic carbocycles. The molecule has 22 heavy (non-hydrogen) atoms. The summed E-state index contributed by atoms with van der Waals surface area (Å²) in [6.45, 7) is 1.78. The maximum atomic E-state index is 9.92. The minimum Gasteiger partial charge on any atom is -0.390 e. The molecular formula is C12H18N8O2. The van der Waals surface area contributed by atoms with Gasteiger partial charge >= 0.3 is 0 Å². The summed E-state index contributed by atoms with van der Waals surface area (Å²) in [4.78, 5) is 8.15. The molecule has 9 N–H and O–H groups in total. The van der Waals surface area contributed by atoms with E-state index in [1.165, 1.54) is 6.33 Å². The summed E-state index contributed by atoms with van der Waals surface area (Å²) in [7, 11) is 0. The molecule has 0 radical (unpaired) electrons. The van der Waals surface area contributed by atoms with Crippen LogP contribution in [-0.2, 0) is 4.74 Å². The molecule has 0 saturated carbocycles. The maximum absolute atomic E-state index is 9.92. The quantitative estimate of drug-likeness (QED) is 0.186. The van der Waals surface area contributed by atoms with Gasteiger partial charge in [-0.25, -0.2) is 15.8 Å². The predicted octanol–water partition coefficient (Wildman–Crippen LogP) is -0.749. The molecule has 2 aromatic rings. The Balaban J connectivity index is 2.30. The van der Waals surface area contributed by atoms with Gasteiger partial charge in [-0.1, -0.05) is 0 Å². The van der Waals surface area contributed by atoms with Crippen molar-refractivity contribution in [1.29, 1.82) is 5.41 Å². The second-order valence-corrected chi connectivity index (χ2v) is 5.21. The number of aliphatic hydroxyl groups is 1. The standard InChI is InChI=1S/C12H18N8O2/c1-4-5(21)2-6(22-4)20-11-8(10(15)17-3-18-11)7(9(13)14)12(20)19-16/h3-6,19,21H,2,16H2,1H3,(H3,13,14)(H2,15,17,18)/t4-,5+,6-/m1/s1. The first-order valence-corrected chi connectivity index (χ1v) is 6.74. The first-order chi connectivity index (χ1) is 10.5. The zero-order chi connectivity index (χ0) is 16.0. The minimum absolute atomic E-state index is 0.192. The molecule has 1 aliphatic rings. The summed E-state index contributed by atoms with van der Waals surface area (Å²) in [5.41, 5.74) is 14.9. The summed E-state index contributed by atoms with van der Waals surface area (Å²) in [6.07, 6.45) is 0.246. The molecule has 1 fully saturated rings. The zero-order valence-electron chi connectivity index (χ0n) is 11.9. The third kappa shape index (κ3) is 1.96. The van der Waals surface area contributed by atoms with Crippen LogP contribution in [0.15, 0.2) is 6.33 Å². The molecule has 10 nitrogen and oxygen atoms in total. The van der Waals surface area contributed by atoms with Gasteiger partial charge in [0.15, 0.2) is 0 Å². The van der Waals surface area contributed by atoms with E-state index < -0.39 is 12.3 Å². The largest absolute Gasteiger partial charge is 0.390 e. The SMILES string of the molecule is C[C@H]1O[C@@H](n2c(NN)c(C(=N)N)c3c(N)ncnc32)C[C@@H]1O. The van der Waals surface area contributed by atoms with Crippen molar-refractivity contribution in [3.8, 4) is 0 Å². The molecule has 10 heteroatoms. The monoisotopic (exact) mass is 306 g/mol. The van der Waals surface area contributed by atoms with Crippen molar-refractivity contribution in [2.24, 2.45) is 11.6 Å². The molecular weight excluding hydrogens is 288 g/mol. The summed E-state index contributed by atoms with van der Waals surface area (Å²) >= 11 is 0. The Bertz CT molecular complexity index is 732. The van der Waals surface area contributed by atoms with E-state index in [0.29, 0.717) is 28.8 Å². The summed E-state index contributed by atoms with van der Waals surface area (Å²) in [6, 6.07) is 0. The molecule has 3 heterocycles. The summed E-state index contributed by atoms with van der Waals surface area (Å²) in [5, 5.41) is 18.1. The fraction of sp³-hybridized carbons (Fsp3) is 0.417. The van der Waals surface area contributed by atoms with Gasteiger partial charge in [0.1, 0.15) is 35.7 Å². The molecule has 0 spiro atoms. The van der Waals surface area contributed by atoms with Crippen molar-refractivity contribution >= 4 is 28.5 Å². The number of aromatic nitrogens is 3. The van der Waals surface area contributed by atoms with Gasteiger partial charge in [-0.15, -0.1) is 0 Å². The number of nitrogens with zero attached hydrogens (tertiary/aromatic N) is 3. The van der Waals surface area contributed by atoms with Gasteiger partial charge in [0, 0.05) is 6.42 Å². The first kappa shape index (κ1) is 14.5. The highest BCUT2D eigenvalue weighted by atomic mass is 16.5. The molecule has 0 bridgehead atoms. The van der Waals surface area contributed by atoms with Crippen molar-refractivity contribution in [2.75, 3.05) is 11.2 Å². The molecule has 3 rings (SSSR count). The Kier molecular flexibility index (Phi) is 3.35. The van der Waals surface area contributed by atoms with Gasteiger partial charge in [0.25, 0.3) is 0 Å². The van der Waals surface area contributed by atoms with Crippen LogP contribution in [0.2, 0.25) is 0 Å². The molecule has 3 atom stereocenters. The Morgan fingerprint density at radius 2 is 2.27 bits per heavy atom. The number of aliphatic hydroxyl groups excluding tert-OH is 1. The number of nitrogens with two attached hydrogens (primary N) is 3. The highest BCUT2D eigenvalue weighted by molar-refractivity contribution is 6.14. The first-order valence-electron chi connectivity index (χ1n) is 6.74. The summed E-state index contributed by atoms with van der Waals surface area (Å²) < 4.78 is 7.40. The van der Waals surface area contributed by atoms with E-state index in [4.69, 9.17) is 27.5 Å². The van der Waals surface area contributed by atoms with Crippen LogP contribution in [-0.4, -0.2) is 37.7 Å². The molecule has 0 aromatic carbocycles. The normalized spacial score (nSPS) is 24.8. The van der Waals surface area contributed by atoms with E-state index in [2.05, 4.69) is 15.4 Å². The van der Waals surface area contributed by atoms with Crippen molar-refractivity contribution < 1.29 is 9.84 Å². The van der Waals surface area contributed by atoms with E-state index in [-0.39, 0.29) is 17.8 Å². The van der Waals surface area contributed by atoms with Gasteiger partial charge in [-0.3, -0.25) is 9.98 Å². The van der Waals surface area contributed by atoms with E-state index in [9.17, 15) is 5.11 Å². The Morgan fingerprint density at radius 3 is 2.82 bits per heavy atom. The lowest BCUT2D eigenvalue weighted by Gasteiger charge is -2.17. The van der Waals surface area contributed by atoms with Crippen LogP contribution in [0.4, 0.5) is 11.6 Å². The number of ether oxygens (including phenoxy) is 1.